The molecule has 0 spiro atoms. The maximum atomic E-state index is 10.4. The molecule has 3 heteroatoms. The zero-order valence-electron chi connectivity index (χ0n) is 12.6. The third-order valence-electron chi connectivity index (χ3n) is 3.94. The quantitative estimate of drug-likeness (QED) is 0.688. The molecule has 3 nitrogen and oxygen atoms in total. The Hall–Kier alpha value is -2.55. The van der Waals surface area contributed by atoms with Crippen LogP contribution in [0.15, 0.2) is 48.7 Å². The smallest absolute Gasteiger partial charge is 0.167 e. The monoisotopic (exact) mass is 293 g/mol. The van der Waals surface area contributed by atoms with Crippen molar-refractivity contribution >= 4 is 10.8 Å². The number of benzene rings is 2. The van der Waals surface area contributed by atoms with Crippen LogP contribution < -0.4 is 0 Å². The fourth-order valence-corrected chi connectivity index (χ4v) is 2.75. The largest absolute Gasteiger partial charge is 0.504 e. The summed E-state index contributed by atoms with van der Waals surface area (Å²) in [5.41, 5.74) is 2.42. The van der Waals surface area contributed by atoms with Crippen LogP contribution in [0.3, 0.4) is 0 Å². The molecule has 0 bridgehead atoms. The first-order valence-electron chi connectivity index (χ1n) is 7.60. The van der Waals surface area contributed by atoms with Crippen molar-refractivity contribution in [2.75, 3.05) is 0 Å². The van der Waals surface area contributed by atoms with Gasteiger partial charge in [0.25, 0.3) is 0 Å². The van der Waals surface area contributed by atoms with Crippen molar-refractivity contribution in [2.45, 2.75) is 26.2 Å². The minimum atomic E-state index is -0.102. The van der Waals surface area contributed by atoms with Crippen molar-refractivity contribution in [3.05, 3.63) is 54.2 Å². The molecule has 0 amide bonds. The van der Waals surface area contributed by atoms with E-state index in [2.05, 4.69) is 11.9 Å². The van der Waals surface area contributed by atoms with Gasteiger partial charge in [-0.25, -0.2) is 0 Å². The molecule has 0 radical (unpaired) electrons. The lowest BCUT2D eigenvalue weighted by atomic mass is 9.97. The van der Waals surface area contributed by atoms with E-state index in [1.54, 1.807) is 12.3 Å². The Morgan fingerprint density at radius 1 is 1.00 bits per heavy atom. The number of aromatic hydroxyl groups is 2. The van der Waals surface area contributed by atoms with E-state index < -0.39 is 0 Å². The predicted octanol–water partition coefficient (Wildman–Crippen LogP) is 4.66. The zero-order chi connectivity index (χ0) is 15.5. The van der Waals surface area contributed by atoms with Crippen molar-refractivity contribution < 1.29 is 10.2 Å². The molecule has 0 saturated heterocycles. The number of phenolic OH excluding ortho intramolecular Hbond substituents is 2. The van der Waals surface area contributed by atoms with Gasteiger partial charge in [0.05, 0.1) is 5.69 Å². The second kappa shape index (κ2) is 6.06. The first kappa shape index (κ1) is 14.4. The summed E-state index contributed by atoms with van der Waals surface area (Å²) in [6, 6.07) is 13.3. The normalized spacial score (nSPS) is 11.0. The van der Waals surface area contributed by atoms with Gasteiger partial charge in [-0.05, 0) is 35.9 Å². The van der Waals surface area contributed by atoms with Crippen molar-refractivity contribution in [2.24, 2.45) is 0 Å². The minimum Gasteiger partial charge on any atom is -0.504 e. The van der Waals surface area contributed by atoms with Crippen LogP contribution in [0, 0.1) is 0 Å². The van der Waals surface area contributed by atoms with Gasteiger partial charge in [0.15, 0.2) is 11.5 Å². The number of nitrogens with zero attached hydrogens (tertiary/aromatic N) is 1. The molecule has 0 aliphatic carbocycles. The van der Waals surface area contributed by atoms with Crippen LogP contribution in [0.25, 0.3) is 22.0 Å². The predicted molar refractivity (Wildman–Crippen MR) is 89.1 cm³/mol. The Balaban J connectivity index is 2.20. The van der Waals surface area contributed by atoms with Crippen molar-refractivity contribution in [1.82, 2.24) is 4.98 Å². The van der Waals surface area contributed by atoms with Gasteiger partial charge in [0.1, 0.15) is 0 Å². The van der Waals surface area contributed by atoms with Crippen molar-refractivity contribution in [1.29, 1.82) is 0 Å². The molecule has 1 aromatic heterocycles. The van der Waals surface area contributed by atoms with E-state index in [1.165, 1.54) is 0 Å². The molecular weight excluding hydrogens is 274 g/mol. The number of hydrogen-bond acceptors (Lipinski definition) is 3. The first-order chi connectivity index (χ1) is 10.7. The Morgan fingerprint density at radius 3 is 2.64 bits per heavy atom. The summed E-state index contributed by atoms with van der Waals surface area (Å²) in [4.78, 5) is 4.44. The van der Waals surface area contributed by atoms with E-state index in [-0.39, 0.29) is 11.5 Å². The van der Waals surface area contributed by atoms with Crippen molar-refractivity contribution in [3.8, 4) is 22.8 Å². The summed E-state index contributed by atoms with van der Waals surface area (Å²) in [6.45, 7) is 2.15. The van der Waals surface area contributed by atoms with Crippen LogP contribution in [-0.2, 0) is 6.42 Å². The molecule has 0 saturated carbocycles. The number of hydrogen-bond donors (Lipinski definition) is 2. The average Bonchev–Trinajstić information content (AvgIpc) is 2.56. The summed E-state index contributed by atoms with van der Waals surface area (Å²) in [7, 11) is 0. The van der Waals surface area contributed by atoms with Gasteiger partial charge in [-0.1, -0.05) is 43.7 Å². The Labute approximate surface area is 129 Å². The number of phenols is 2. The summed E-state index contributed by atoms with van der Waals surface area (Å²) < 4.78 is 0. The summed E-state index contributed by atoms with van der Waals surface area (Å²) in [6.07, 6.45) is 4.80. The maximum Gasteiger partial charge on any atom is 0.167 e. The van der Waals surface area contributed by atoms with Gasteiger partial charge in [0.2, 0.25) is 0 Å². The van der Waals surface area contributed by atoms with Crippen molar-refractivity contribution in [3.63, 3.8) is 0 Å². The van der Waals surface area contributed by atoms with Crippen LogP contribution in [-0.4, -0.2) is 15.2 Å². The third-order valence-corrected chi connectivity index (χ3v) is 3.94. The highest BCUT2D eigenvalue weighted by Crippen LogP contribution is 2.42. The molecule has 2 N–H and O–H groups in total. The number of aromatic nitrogens is 1. The highest BCUT2D eigenvalue weighted by atomic mass is 16.3. The lowest BCUT2D eigenvalue weighted by Gasteiger charge is -2.12. The Kier molecular flexibility index (Phi) is 3.96. The Morgan fingerprint density at radius 2 is 1.82 bits per heavy atom. The van der Waals surface area contributed by atoms with E-state index in [0.29, 0.717) is 10.9 Å². The van der Waals surface area contributed by atoms with Gasteiger partial charge in [-0.15, -0.1) is 0 Å². The van der Waals surface area contributed by atoms with Crippen LogP contribution in [0.1, 0.15) is 25.3 Å². The summed E-state index contributed by atoms with van der Waals surface area (Å²) in [5.74, 6) is -0.185. The second-order valence-corrected chi connectivity index (χ2v) is 5.46. The van der Waals surface area contributed by atoms with Crippen LogP contribution in [0.4, 0.5) is 0 Å². The number of unbranched alkanes of at least 4 members (excludes halogenated alkanes) is 1. The lowest BCUT2D eigenvalue weighted by molar-refractivity contribution is 0.409. The molecule has 1 heterocycles. The van der Waals surface area contributed by atoms with Crippen LogP contribution in [0.2, 0.25) is 0 Å². The highest BCUT2D eigenvalue weighted by molar-refractivity contribution is 5.96. The van der Waals surface area contributed by atoms with E-state index in [1.807, 2.05) is 36.4 Å². The van der Waals surface area contributed by atoms with E-state index in [0.717, 1.165) is 35.9 Å². The van der Waals surface area contributed by atoms with Gasteiger partial charge in [0, 0.05) is 17.1 Å². The SMILES string of the molecule is CCCCc1cccnc1-c1cc2ccccc2c(O)c1O. The fraction of sp³-hybridized carbons (Fsp3) is 0.211. The van der Waals surface area contributed by atoms with Gasteiger partial charge in [-0.2, -0.15) is 0 Å². The average molecular weight is 293 g/mol. The fourth-order valence-electron chi connectivity index (χ4n) is 2.75. The first-order valence-corrected chi connectivity index (χ1v) is 7.60. The lowest BCUT2D eigenvalue weighted by Crippen LogP contribution is -1.94. The zero-order valence-corrected chi connectivity index (χ0v) is 12.6. The summed E-state index contributed by atoms with van der Waals surface area (Å²) >= 11 is 0. The molecule has 0 aliphatic heterocycles. The number of fused-ring (bicyclic) bond motifs is 1. The number of pyridine rings is 1. The van der Waals surface area contributed by atoms with Crippen LogP contribution >= 0.6 is 0 Å². The molecular formula is C19H19NO2. The molecule has 22 heavy (non-hydrogen) atoms. The van der Waals surface area contributed by atoms with E-state index >= 15 is 0 Å². The maximum absolute atomic E-state index is 10.4. The number of aryl methyl sites for hydroxylation is 1. The molecule has 3 aromatic rings. The third kappa shape index (κ3) is 2.50. The van der Waals surface area contributed by atoms with Gasteiger partial charge in [-0.3, -0.25) is 4.98 Å². The number of rotatable bonds is 4. The van der Waals surface area contributed by atoms with E-state index in [4.69, 9.17) is 0 Å². The van der Waals surface area contributed by atoms with Gasteiger partial charge < -0.3 is 10.2 Å². The van der Waals surface area contributed by atoms with Gasteiger partial charge >= 0.3 is 0 Å². The van der Waals surface area contributed by atoms with Crippen LogP contribution in [0.5, 0.6) is 11.5 Å². The minimum absolute atomic E-state index is 0.0832. The van der Waals surface area contributed by atoms with E-state index in [9.17, 15) is 10.2 Å². The standard InChI is InChI=1S/C19H19NO2/c1-2-3-7-13-9-6-11-20-17(13)16-12-14-8-4-5-10-15(14)18(21)19(16)22/h4-6,8-12,21-22H,2-3,7H2,1H3. The highest BCUT2D eigenvalue weighted by Gasteiger charge is 2.16. The molecule has 2 aromatic carbocycles. The summed E-state index contributed by atoms with van der Waals surface area (Å²) in [5, 5.41) is 22.2. The molecule has 0 fully saturated rings. The topological polar surface area (TPSA) is 53.4 Å². The molecule has 0 aliphatic rings. The molecule has 0 atom stereocenters. The molecule has 112 valence electrons. The molecule has 0 unspecified atom stereocenters. The Bertz CT molecular complexity index is 812. The second-order valence-electron chi connectivity index (χ2n) is 5.46. The molecule has 3 rings (SSSR count).